The van der Waals surface area contributed by atoms with Crippen LogP contribution in [-0.4, -0.2) is 32.5 Å². The number of carbonyl (C=O) groups excluding carboxylic acids is 1. The SMILES string of the molecule is CCOC(=O)c1cc2c(C)c(C)cc(N(CC)S(=O)(=O)c3cccs3)c2[nH]1. The van der Waals surface area contributed by atoms with Crippen LogP contribution >= 0.6 is 11.3 Å². The summed E-state index contributed by atoms with van der Waals surface area (Å²) in [5.74, 6) is -0.458. The summed E-state index contributed by atoms with van der Waals surface area (Å²) in [6.07, 6.45) is 0. The molecule has 1 N–H and O–H groups in total. The van der Waals surface area contributed by atoms with E-state index in [4.69, 9.17) is 4.74 Å². The van der Waals surface area contributed by atoms with Gasteiger partial charge in [0, 0.05) is 11.9 Å². The fourth-order valence-electron chi connectivity index (χ4n) is 3.05. The van der Waals surface area contributed by atoms with Crippen LogP contribution in [0.25, 0.3) is 10.9 Å². The number of rotatable bonds is 6. The van der Waals surface area contributed by atoms with Crippen LogP contribution in [0.2, 0.25) is 0 Å². The van der Waals surface area contributed by atoms with Crippen LogP contribution in [-0.2, 0) is 14.8 Å². The number of sulfonamides is 1. The van der Waals surface area contributed by atoms with E-state index in [9.17, 15) is 13.2 Å². The highest BCUT2D eigenvalue weighted by atomic mass is 32.2. The molecule has 0 bridgehead atoms. The lowest BCUT2D eigenvalue weighted by molar-refractivity contribution is 0.0520. The Morgan fingerprint density at radius 1 is 1.26 bits per heavy atom. The first-order valence-corrected chi connectivity index (χ1v) is 11.0. The normalized spacial score (nSPS) is 11.7. The smallest absolute Gasteiger partial charge is 0.354 e. The number of aromatic amines is 1. The Bertz CT molecular complexity index is 1080. The number of ether oxygens (including phenoxy) is 1. The number of hydrogen-bond donors (Lipinski definition) is 1. The molecular weight excluding hydrogens is 384 g/mol. The summed E-state index contributed by atoms with van der Waals surface area (Å²) in [5, 5.41) is 2.55. The first kappa shape index (κ1) is 19.4. The molecule has 0 unspecified atom stereocenters. The number of aromatic nitrogens is 1. The molecule has 0 aliphatic heterocycles. The van der Waals surface area contributed by atoms with E-state index in [0.29, 0.717) is 16.9 Å². The van der Waals surface area contributed by atoms with Gasteiger partial charge in [-0.25, -0.2) is 13.2 Å². The van der Waals surface area contributed by atoms with Gasteiger partial charge in [-0.2, -0.15) is 0 Å². The van der Waals surface area contributed by atoms with E-state index in [0.717, 1.165) is 16.5 Å². The van der Waals surface area contributed by atoms with Crippen molar-refractivity contribution in [3.63, 3.8) is 0 Å². The monoisotopic (exact) mass is 406 g/mol. The molecule has 2 heterocycles. The van der Waals surface area contributed by atoms with Crippen LogP contribution in [0.1, 0.15) is 35.5 Å². The van der Waals surface area contributed by atoms with Gasteiger partial charge in [0.25, 0.3) is 10.0 Å². The molecule has 144 valence electrons. The number of nitrogens with zero attached hydrogens (tertiary/aromatic N) is 1. The van der Waals surface area contributed by atoms with Crippen LogP contribution < -0.4 is 4.31 Å². The van der Waals surface area contributed by atoms with Crippen molar-refractivity contribution >= 4 is 43.9 Å². The molecule has 0 saturated carbocycles. The number of thiophene rings is 1. The number of anilines is 1. The number of hydrogen-bond acceptors (Lipinski definition) is 5. The standard InChI is InChI=1S/C19H22N2O4S2/c1-5-21(27(23,24)17-8-7-9-26-17)16-10-12(3)13(4)14-11-15(20-18(14)16)19(22)25-6-2/h7-11,20H,5-6H2,1-4H3. The summed E-state index contributed by atoms with van der Waals surface area (Å²) in [5.41, 5.74) is 3.39. The third-order valence-electron chi connectivity index (χ3n) is 4.51. The molecule has 0 spiro atoms. The number of nitrogens with one attached hydrogen (secondary N) is 1. The Hall–Kier alpha value is -2.32. The second kappa shape index (κ2) is 7.36. The zero-order chi connectivity index (χ0) is 19.8. The molecule has 1 aromatic carbocycles. The second-order valence-electron chi connectivity index (χ2n) is 6.13. The number of carbonyl (C=O) groups is 1. The third-order valence-corrected chi connectivity index (χ3v) is 7.78. The van der Waals surface area contributed by atoms with Gasteiger partial charge in [-0.3, -0.25) is 4.31 Å². The molecule has 0 radical (unpaired) electrons. The zero-order valence-corrected chi connectivity index (χ0v) is 17.3. The predicted molar refractivity (Wildman–Crippen MR) is 108 cm³/mol. The lowest BCUT2D eigenvalue weighted by Gasteiger charge is -2.24. The summed E-state index contributed by atoms with van der Waals surface area (Å²) in [4.78, 5) is 15.2. The minimum atomic E-state index is -3.69. The quantitative estimate of drug-likeness (QED) is 0.621. The summed E-state index contributed by atoms with van der Waals surface area (Å²) < 4.78 is 33.0. The largest absolute Gasteiger partial charge is 0.461 e. The first-order chi connectivity index (χ1) is 12.8. The van der Waals surface area contributed by atoms with E-state index in [1.807, 2.05) is 19.9 Å². The van der Waals surface area contributed by atoms with Crippen molar-refractivity contribution in [2.45, 2.75) is 31.9 Å². The van der Waals surface area contributed by atoms with Crippen LogP contribution in [0.3, 0.4) is 0 Å². The van der Waals surface area contributed by atoms with Crippen molar-refractivity contribution in [1.82, 2.24) is 4.98 Å². The van der Waals surface area contributed by atoms with Crippen LogP contribution in [0.5, 0.6) is 0 Å². The number of aryl methyl sites for hydroxylation is 2. The van der Waals surface area contributed by atoms with Gasteiger partial charge in [0.05, 0.1) is 17.8 Å². The number of fused-ring (bicyclic) bond motifs is 1. The summed E-state index contributed by atoms with van der Waals surface area (Å²) in [6.45, 7) is 7.96. The molecular formula is C19H22N2O4S2. The molecule has 0 fully saturated rings. The lowest BCUT2D eigenvalue weighted by Crippen LogP contribution is -2.30. The molecule has 3 aromatic rings. The van der Waals surface area contributed by atoms with E-state index >= 15 is 0 Å². The van der Waals surface area contributed by atoms with Crippen LogP contribution in [0.4, 0.5) is 5.69 Å². The molecule has 2 aromatic heterocycles. The Kier molecular flexibility index (Phi) is 5.30. The average molecular weight is 407 g/mol. The molecule has 0 aliphatic rings. The Labute approximate surface area is 162 Å². The summed E-state index contributed by atoms with van der Waals surface area (Å²) in [7, 11) is -3.69. The topological polar surface area (TPSA) is 79.5 Å². The number of benzene rings is 1. The summed E-state index contributed by atoms with van der Waals surface area (Å²) in [6, 6.07) is 6.89. The maximum atomic E-state index is 13.1. The van der Waals surface area contributed by atoms with E-state index in [2.05, 4.69) is 4.98 Å². The van der Waals surface area contributed by atoms with Crippen molar-refractivity contribution in [3.8, 4) is 0 Å². The molecule has 6 nitrogen and oxygen atoms in total. The molecule has 3 rings (SSSR count). The highest BCUT2D eigenvalue weighted by Crippen LogP contribution is 2.35. The van der Waals surface area contributed by atoms with Crippen molar-refractivity contribution in [3.05, 3.63) is 46.5 Å². The Morgan fingerprint density at radius 3 is 2.59 bits per heavy atom. The third kappa shape index (κ3) is 3.35. The first-order valence-electron chi connectivity index (χ1n) is 8.67. The van der Waals surface area contributed by atoms with Crippen LogP contribution in [0, 0.1) is 13.8 Å². The highest BCUT2D eigenvalue weighted by molar-refractivity contribution is 7.94. The Morgan fingerprint density at radius 2 is 2.00 bits per heavy atom. The van der Waals surface area contributed by atoms with Crippen molar-refractivity contribution in [2.24, 2.45) is 0 Å². The fraction of sp³-hybridized carbons (Fsp3) is 0.316. The average Bonchev–Trinajstić information content (AvgIpc) is 3.30. The fourth-order valence-corrected chi connectivity index (χ4v) is 5.64. The van der Waals surface area contributed by atoms with Gasteiger partial charge in [0.15, 0.2) is 0 Å². The van der Waals surface area contributed by atoms with Gasteiger partial charge in [-0.05, 0) is 62.4 Å². The lowest BCUT2D eigenvalue weighted by atomic mass is 10.0. The molecule has 0 aliphatic carbocycles. The molecule has 0 atom stereocenters. The zero-order valence-electron chi connectivity index (χ0n) is 15.7. The maximum absolute atomic E-state index is 13.1. The van der Waals surface area contributed by atoms with E-state index < -0.39 is 16.0 Å². The van der Waals surface area contributed by atoms with Gasteiger partial charge in [-0.1, -0.05) is 6.07 Å². The predicted octanol–water partition coefficient (Wildman–Crippen LogP) is 4.24. The van der Waals surface area contributed by atoms with Gasteiger partial charge < -0.3 is 9.72 Å². The van der Waals surface area contributed by atoms with Crippen LogP contribution in [0.15, 0.2) is 33.9 Å². The van der Waals surface area contributed by atoms with Crippen molar-refractivity contribution < 1.29 is 17.9 Å². The molecule has 27 heavy (non-hydrogen) atoms. The maximum Gasteiger partial charge on any atom is 0.354 e. The molecule has 8 heteroatoms. The molecule has 0 saturated heterocycles. The van der Waals surface area contributed by atoms with Crippen molar-refractivity contribution in [1.29, 1.82) is 0 Å². The second-order valence-corrected chi connectivity index (χ2v) is 9.17. The van der Waals surface area contributed by atoms with E-state index in [1.165, 1.54) is 15.6 Å². The van der Waals surface area contributed by atoms with Gasteiger partial charge in [-0.15, -0.1) is 11.3 Å². The van der Waals surface area contributed by atoms with Gasteiger partial charge >= 0.3 is 5.97 Å². The van der Waals surface area contributed by atoms with E-state index in [-0.39, 0.29) is 17.4 Å². The minimum absolute atomic E-state index is 0.269. The molecule has 0 amide bonds. The van der Waals surface area contributed by atoms with Gasteiger partial charge in [0.2, 0.25) is 0 Å². The minimum Gasteiger partial charge on any atom is -0.461 e. The highest BCUT2D eigenvalue weighted by Gasteiger charge is 2.28. The Balaban J connectivity index is 2.23. The number of esters is 1. The summed E-state index contributed by atoms with van der Waals surface area (Å²) >= 11 is 1.18. The van der Waals surface area contributed by atoms with E-state index in [1.54, 1.807) is 37.4 Å². The van der Waals surface area contributed by atoms with Gasteiger partial charge in [0.1, 0.15) is 9.90 Å². The number of H-pyrrole nitrogens is 1. The van der Waals surface area contributed by atoms with Crippen molar-refractivity contribution in [2.75, 3.05) is 17.5 Å².